The van der Waals surface area contributed by atoms with Crippen molar-refractivity contribution in [1.82, 2.24) is 14.9 Å². The third kappa shape index (κ3) is 12.0. The van der Waals surface area contributed by atoms with Crippen molar-refractivity contribution in [3.8, 4) is 11.1 Å². The molecule has 2 aliphatic heterocycles. The number of carbonyl (C=O) groups is 1. The normalized spacial score (nSPS) is 16.4. The molecule has 7 rings (SSSR count). The maximum absolute atomic E-state index is 14.4. The summed E-state index contributed by atoms with van der Waals surface area (Å²) in [6, 6.07) is 37.9. The number of piperazine rings is 1. The highest BCUT2D eigenvalue weighted by Crippen LogP contribution is 2.43. The lowest BCUT2D eigenvalue weighted by molar-refractivity contribution is -0.383. The molecule has 5 aromatic carbocycles. The molecule has 0 spiro atoms. The number of morpholine rings is 1. The third-order valence-corrected chi connectivity index (χ3v) is 14.5. The smallest absolute Gasteiger partial charge is 0.326 e. The number of carbonyl (C=O) groups excluding carboxylic acids is 1. The highest BCUT2D eigenvalue weighted by Gasteiger charge is 2.32. The maximum atomic E-state index is 14.4. The van der Waals surface area contributed by atoms with E-state index in [1.165, 1.54) is 23.3 Å². The Morgan fingerprint density at radius 1 is 0.885 bits per heavy atom. The fourth-order valence-electron chi connectivity index (χ4n) is 7.62. The van der Waals surface area contributed by atoms with E-state index in [4.69, 9.17) is 20.9 Å². The summed E-state index contributed by atoms with van der Waals surface area (Å²) in [5.41, 5.74) is 4.94. The van der Waals surface area contributed by atoms with Crippen molar-refractivity contribution in [2.24, 2.45) is 0 Å². The van der Waals surface area contributed by atoms with E-state index in [1.807, 2.05) is 54.6 Å². The first kappa shape index (κ1) is 44.3. The van der Waals surface area contributed by atoms with Crippen molar-refractivity contribution in [1.29, 1.82) is 0 Å². The highest BCUT2D eigenvalue weighted by atomic mass is 35.5. The van der Waals surface area contributed by atoms with Crippen molar-refractivity contribution in [3.63, 3.8) is 0 Å². The second-order valence-electron chi connectivity index (χ2n) is 15.1. The summed E-state index contributed by atoms with van der Waals surface area (Å²) in [7, 11) is -4.07. The highest BCUT2D eigenvalue weighted by molar-refractivity contribution is 7.99. The van der Waals surface area contributed by atoms with E-state index in [0.717, 1.165) is 74.9 Å². The zero-order valence-corrected chi connectivity index (χ0v) is 36.8. The number of amides is 1. The molecule has 5 aromatic rings. The number of halogens is 1. The number of hydrogen-bond acceptors (Lipinski definition) is 11. The predicted molar refractivity (Wildman–Crippen MR) is 247 cm³/mol. The van der Waals surface area contributed by atoms with Crippen LogP contribution in [0.25, 0.3) is 11.1 Å². The van der Waals surface area contributed by atoms with Crippen LogP contribution in [-0.2, 0) is 20.4 Å². The summed E-state index contributed by atoms with van der Waals surface area (Å²) >= 11 is 7.82. The van der Waals surface area contributed by atoms with Crippen LogP contribution < -0.4 is 20.6 Å². The van der Waals surface area contributed by atoms with Gasteiger partial charge in [-0.1, -0.05) is 66.2 Å². The number of thioether (sulfide) groups is 1. The Morgan fingerprint density at radius 3 is 2.30 bits per heavy atom. The van der Waals surface area contributed by atoms with E-state index in [1.54, 1.807) is 36.9 Å². The molecule has 0 bridgehead atoms. The van der Waals surface area contributed by atoms with Crippen molar-refractivity contribution in [3.05, 3.63) is 148 Å². The first-order valence-corrected chi connectivity index (χ1v) is 23.7. The molecule has 2 unspecified atom stereocenters. The lowest BCUT2D eigenvalue weighted by Gasteiger charge is -2.36. The van der Waals surface area contributed by atoms with Gasteiger partial charge in [0.05, 0.1) is 30.0 Å². The molecular weight excluding hydrogens is 831 g/mol. The summed E-state index contributed by atoms with van der Waals surface area (Å²) in [5, 5.41) is 19.3. The lowest BCUT2D eigenvalue weighted by atomic mass is 9.99. The zero-order chi connectivity index (χ0) is 42.6. The molecule has 2 atom stereocenters. The first-order chi connectivity index (χ1) is 29.7. The van der Waals surface area contributed by atoms with Crippen LogP contribution in [-0.4, -0.2) is 98.1 Å². The van der Waals surface area contributed by atoms with Gasteiger partial charge in [-0.05, 0) is 90.7 Å². The minimum atomic E-state index is -4.07. The fourth-order valence-corrected chi connectivity index (χ4v) is 10.4. The predicted octanol–water partition coefficient (Wildman–Crippen LogP) is 8.82. The number of nitro benzene ring substituents is 1. The Balaban J connectivity index is 0.988. The van der Waals surface area contributed by atoms with Gasteiger partial charge in [-0.25, -0.2) is 0 Å². The SMILES string of the molecule is CCOP(=O)(NC(=O)c1ccc(N2CCN(Cc3ccccc3-c3ccc(Cl)cc3)CC2)cc1)c1ccc(NC(CCN2CCOCC2)CSc2ccccc2)c([N+](=O)[O-])c1. The van der Waals surface area contributed by atoms with Gasteiger partial charge in [0.1, 0.15) is 5.69 Å². The molecule has 2 heterocycles. The quantitative estimate of drug-likeness (QED) is 0.0379. The van der Waals surface area contributed by atoms with E-state index >= 15 is 0 Å². The van der Waals surface area contributed by atoms with Crippen LogP contribution in [0.4, 0.5) is 17.1 Å². The Hall–Kier alpha value is -4.72. The number of ether oxygens (including phenoxy) is 1. The van der Waals surface area contributed by atoms with Crippen LogP contribution in [0.1, 0.15) is 29.3 Å². The number of rotatable bonds is 18. The number of nitrogens with zero attached hydrogens (tertiary/aromatic N) is 4. The molecule has 12 nitrogen and oxygen atoms in total. The monoisotopic (exact) mass is 882 g/mol. The number of anilines is 2. The molecule has 0 aromatic heterocycles. The molecule has 0 radical (unpaired) electrons. The van der Waals surface area contributed by atoms with Crippen LogP contribution >= 0.6 is 30.9 Å². The van der Waals surface area contributed by atoms with E-state index < -0.39 is 18.4 Å². The molecule has 0 saturated carbocycles. The summed E-state index contributed by atoms with van der Waals surface area (Å²) in [6.45, 7) is 9.77. The molecule has 2 saturated heterocycles. The van der Waals surface area contributed by atoms with Crippen LogP contribution in [0.3, 0.4) is 0 Å². The molecule has 320 valence electrons. The van der Waals surface area contributed by atoms with Crippen LogP contribution in [0, 0.1) is 10.1 Å². The van der Waals surface area contributed by atoms with Gasteiger partial charge in [0.15, 0.2) is 0 Å². The van der Waals surface area contributed by atoms with Crippen molar-refractivity contribution >= 4 is 59.2 Å². The first-order valence-electron chi connectivity index (χ1n) is 20.7. The maximum Gasteiger partial charge on any atom is 0.326 e. The Bertz CT molecular complexity index is 2280. The number of hydrogen-bond donors (Lipinski definition) is 2. The largest absolute Gasteiger partial charge is 0.379 e. The van der Waals surface area contributed by atoms with Crippen molar-refractivity contribution in [2.45, 2.75) is 30.8 Å². The lowest BCUT2D eigenvalue weighted by Crippen LogP contribution is -2.46. The minimum Gasteiger partial charge on any atom is -0.379 e. The molecule has 0 aliphatic carbocycles. The van der Waals surface area contributed by atoms with E-state index in [9.17, 15) is 19.5 Å². The van der Waals surface area contributed by atoms with Gasteiger partial charge in [-0.15, -0.1) is 11.8 Å². The Labute approximate surface area is 367 Å². The second-order valence-corrected chi connectivity index (χ2v) is 18.7. The van der Waals surface area contributed by atoms with E-state index in [0.29, 0.717) is 35.2 Å². The molecule has 2 fully saturated rings. The number of benzene rings is 5. The van der Waals surface area contributed by atoms with Gasteiger partial charge >= 0.3 is 7.52 Å². The molecule has 61 heavy (non-hydrogen) atoms. The van der Waals surface area contributed by atoms with Gasteiger partial charge in [-0.2, -0.15) is 0 Å². The second kappa shape index (κ2) is 21.4. The van der Waals surface area contributed by atoms with Crippen molar-refractivity contribution < 1.29 is 23.5 Å². The topological polar surface area (TPSA) is 130 Å². The molecular formula is C46H52ClN6O6PS. The average Bonchev–Trinajstić information content (AvgIpc) is 3.29. The van der Waals surface area contributed by atoms with Gasteiger partial charge in [0, 0.05) is 91.4 Å². The fraction of sp³-hybridized carbons (Fsp3) is 0.326. The summed E-state index contributed by atoms with van der Waals surface area (Å²) in [5.74, 6) is 0.0786. The minimum absolute atomic E-state index is 0.0172. The standard InChI is InChI=1S/C46H52ClN6O6PS/c1-2-59-60(57,41-20-21-44(45(32-41)53(55)56)48-39(22-23-50-28-30-58-31-29-50)34-61-42-9-4-3-5-10-42)49-46(54)36-14-18-40(19-15-36)52-26-24-51(25-27-52)33-37-8-6-7-11-43(37)35-12-16-38(47)17-13-35/h3-21,32,39,48H,2,22-31,33-34H2,1H3,(H,49,54,57). The molecule has 15 heteroatoms. The Morgan fingerprint density at radius 2 is 1.59 bits per heavy atom. The van der Waals surface area contributed by atoms with Gasteiger partial charge in [0.2, 0.25) is 0 Å². The van der Waals surface area contributed by atoms with Gasteiger partial charge in [-0.3, -0.25) is 34.4 Å². The summed E-state index contributed by atoms with van der Waals surface area (Å²) < 4.78 is 25.6. The summed E-state index contributed by atoms with van der Waals surface area (Å²) in [4.78, 5) is 33.8. The van der Waals surface area contributed by atoms with E-state index in [2.05, 4.69) is 61.5 Å². The number of nitrogens with one attached hydrogen (secondary N) is 2. The van der Waals surface area contributed by atoms with Crippen LogP contribution in [0.2, 0.25) is 5.02 Å². The summed E-state index contributed by atoms with van der Waals surface area (Å²) in [6.07, 6.45) is 0.752. The average molecular weight is 883 g/mol. The van der Waals surface area contributed by atoms with Crippen LogP contribution in [0.5, 0.6) is 0 Å². The van der Waals surface area contributed by atoms with E-state index in [-0.39, 0.29) is 23.6 Å². The molecule has 2 aliphatic rings. The van der Waals surface area contributed by atoms with Crippen molar-refractivity contribution in [2.75, 3.05) is 81.6 Å². The van der Waals surface area contributed by atoms with Gasteiger partial charge in [0.25, 0.3) is 11.6 Å². The zero-order valence-electron chi connectivity index (χ0n) is 34.3. The molecule has 2 N–H and O–H groups in total. The van der Waals surface area contributed by atoms with Crippen LogP contribution in [0.15, 0.2) is 126 Å². The Kier molecular flexibility index (Phi) is 15.5. The molecule has 1 amide bonds. The van der Waals surface area contributed by atoms with Gasteiger partial charge < -0.3 is 19.5 Å². The number of nitro groups is 1. The third-order valence-electron chi connectivity index (χ3n) is 11.0.